The number of ether oxygens (including phenoxy) is 3. The summed E-state index contributed by atoms with van der Waals surface area (Å²) in [6.45, 7) is 5.51. The van der Waals surface area contributed by atoms with E-state index in [2.05, 4.69) is 35.6 Å². The van der Waals surface area contributed by atoms with E-state index in [1.807, 2.05) is 71.6 Å². The Hall–Kier alpha value is -4.52. The molecule has 1 fully saturated rings. The fourth-order valence-corrected chi connectivity index (χ4v) is 5.11. The molecule has 0 bridgehead atoms. The molecule has 7 nitrogen and oxygen atoms in total. The monoisotopic (exact) mass is 552 g/mol. The lowest BCUT2D eigenvalue weighted by molar-refractivity contribution is -0.160. The molecule has 0 aromatic heterocycles. The van der Waals surface area contributed by atoms with Crippen molar-refractivity contribution in [3.63, 3.8) is 0 Å². The molecule has 2 amide bonds. The Balaban J connectivity index is 1.12. The van der Waals surface area contributed by atoms with Crippen LogP contribution in [0, 0.1) is 0 Å². The average molecular weight is 553 g/mol. The second-order valence-electron chi connectivity index (χ2n) is 10.5. The Morgan fingerprint density at radius 1 is 0.902 bits per heavy atom. The van der Waals surface area contributed by atoms with Crippen LogP contribution in [0.3, 0.4) is 0 Å². The van der Waals surface area contributed by atoms with Crippen LogP contribution in [0.15, 0.2) is 97.1 Å². The van der Waals surface area contributed by atoms with Gasteiger partial charge in [-0.2, -0.15) is 0 Å². The summed E-state index contributed by atoms with van der Waals surface area (Å²) in [6.07, 6.45) is 1.05. The first kappa shape index (κ1) is 28.0. The van der Waals surface area contributed by atoms with E-state index >= 15 is 0 Å². The third-order valence-corrected chi connectivity index (χ3v) is 7.24. The lowest BCUT2D eigenvalue weighted by Gasteiger charge is -2.28. The number of carbonyl (C=O) groups excluding carboxylic acids is 2. The summed E-state index contributed by atoms with van der Waals surface area (Å²) < 4.78 is 17.4. The van der Waals surface area contributed by atoms with Crippen LogP contribution in [0.4, 0.5) is 4.79 Å². The summed E-state index contributed by atoms with van der Waals surface area (Å²) in [6, 6.07) is 31.5. The molecule has 0 spiro atoms. The molecule has 4 aromatic rings. The molecule has 0 aliphatic carbocycles. The summed E-state index contributed by atoms with van der Waals surface area (Å²) in [4.78, 5) is 27.2. The molecule has 41 heavy (non-hydrogen) atoms. The van der Waals surface area contributed by atoms with Crippen LogP contribution in [0.1, 0.15) is 31.4 Å². The standard InChI is InChI=1S/C34H36N2O5/c1-3-39-32(37)34(2,41-31-11-5-4-6-12-31)22-25-14-17-30(18-15-25)40-20-19-29-24-36(33(38)35-29)23-26-13-16-27-9-7-8-10-28(27)21-26/h4-18,21,29H,3,19-20,22-24H2,1-2H3,(H,35,38)/t29-,34-/m0/s1. The molecular formula is C34H36N2O5. The van der Waals surface area contributed by atoms with Crippen molar-refractivity contribution in [3.05, 3.63) is 108 Å². The topological polar surface area (TPSA) is 77.1 Å². The molecule has 0 unspecified atom stereocenters. The summed E-state index contributed by atoms with van der Waals surface area (Å²) >= 11 is 0. The first-order valence-corrected chi connectivity index (χ1v) is 14.1. The number of hydrogen-bond donors (Lipinski definition) is 1. The molecule has 4 aromatic carbocycles. The van der Waals surface area contributed by atoms with Crippen molar-refractivity contribution in [2.24, 2.45) is 0 Å². The van der Waals surface area contributed by atoms with Gasteiger partial charge in [-0.3, -0.25) is 0 Å². The van der Waals surface area contributed by atoms with Crippen molar-refractivity contribution < 1.29 is 23.8 Å². The highest BCUT2D eigenvalue weighted by Gasteiger charge is 2.37. The van der Waals surface area contributed by atoms with Crippen LogP contribution in [0.5, 0.6) is 11.5 Å². The molecule has 1 aliphatic rings. The number of nitrogens with one attached hydrogen (secondary N) is 1. The number of benzene rings is 4. The first-order valence-electron chi connectivity index (χ1n) is 14.1. The molecule has 212 valence electrons. The van der Waals surface area contributed by atoms with Crippen LogP contribution < -0.4 is 14.8 Å². The third-order valence-electron chi connectivity index (χ3n) is 7.24. The maximum Gasteiger partial charge on any atom is 0.350 e. The van der Waals surface area contributed by atoms with Gasteiger partial charge in [-0.15, -0.1) is 0 Å². The van der Waals surface area contributed by atoms with Crippen LogP contribution in [0.25, 0.3) is 10.8 Å². The van der Waals surface area contributed by atoms with Crippen LogP contribution >= 0.6 is 0 Å². The number of amides is 2. The first-order chi connectivity index (χ1) is 19.9. The molecule has 0 saturated carbocycles. The number of para-hydroxylation sites is 1. The summed E-state index contributed by atoms with van der Waals surface area (Å²) in [5, 5.41) is 5.44. The highest BCUT2D eigenvalue weighted by Crippen LogP contribution is 2.25. The highest BCUT2D eigenvalue weighted by molar-refractivity contribution is 5.83. The van der Waals surface area contributed by atoms with Gasteiger partial charge in [0, 0.05) is 25.9 Å². The van der Waals surface area contributed by atoms with E-state index < -0.39 is 11.6 Å². The number of rotatable bonds is 12. The molecule has 1 N–H and O–H groups in total. The lowest BCUT2D eigenvalue weighted by Crippen LogP contribution is -2.45. The normalized spacial score (nSPS) is 16.2. The number of carbonyl (C=O) groups is 2. The highest BCUT2D eigenvalue weighted by atomic mass is 16.6. The predicted molar refractivity (Wildman–Crippen MR) is 159 cm³/mol. The van der Waals surface area contributed by atoms with Crippen molar-refractivity contribution in [3.8, 4) is 11.5 Å². The van der Waals surface area contributed by atoms with E-state index in [0.717, 1.165) is 16.9 Å². The fourth-order valence-electron chi connectivity index (χ4n) is 5.11. The van der Waals surface area contributed by atoms with Gasteiger partial charge in [0.2, 0.25) is 5.60 Å². The quantitative estimate of drug-likeness (QED) is 0.214. The minimum Gasteiger partial charge on any atom is -0.494 e. The van der Waals surface area contributed by atoms with E-state index in [0.29, 0.717) is 38.3 Å². The Kier molecular flexibility index (Phi) is 8.73. The minimum atomic E-state index is -1.17. The summed E-state index contributed by atoms with van der Waals surface area (Å²) in [5.41, 5.74) is 0.874. The lowest BCUT2D eigenvalue weighted by atomic mass is 9.96. The number of fused-ring (bicyclic) bond motifs is 1. The van der Waals surface area contributed by atoms with E-state index in [1.165, 1.54) is 10.8 Å². The third kappa shape index (κ3) is 7.17. The van der Waals surface area contributed by atoms with Crippen molar-refractivity contribution in [2.45, 2.75) is 44.9 Å². The number of hydrogen-bond acceptors (Lipinski definition) is 5. The number of urea groups is 1. The largest absolute Gasteiger partial charge is 0.494 e. The van der Waals surface area contributed by atoms with Gasteiger partial charge < -0.3 is 24.4 Å². The second-order valence-corrected chi connectivity index (χ2v) is 10.5. The SMILES string of the molecule is CCOC(=O)[C@](C)(Cc1ccc(OCC[C@H]2CN(Cc3ccc4ccccc4c3)C(=O)N2)cc1)Oc1ccccc1. The van der Waals surface area contributed by atoms with Gasteiger partial charge in [0.1, 0.15) is 11.5 Å². The van der Waals surface area contributed by atoms with E-state index in [-0.39, 0.29) is 18.7 Å². The molecule has 2 atom stereocenters. The Morgan fingerprint density at radius 3 is 2.37 bits per heavy atom. The maximum atomic E-state index is 12.8. The van der Waals surface area contributed by atoms with Crippen molar-refractivity contribution in [1.82, 2.24) is 10.2 Å². The molecule has 0 radical (unpaired) electrons. The average Bonchev–Trinajstić information content (AvgIpc) is 3.32. The van der Waals surface area contributed by atoms with E-state index in [9.17, 15) is 9.59 Å². The zero-order chi connectivity index (χ0) is 28.7. The summed E-state index contributed by atoms with van der Waals surface area (Å²) in [5.74, 6) is 0.934. The van der Waals surface area contributed by atoms with Gasteiger partial charge in [-0.05, 0) is 66.1 Å². The van der Waals surface area contributed by atoms with Gasteiger partial charge in [0.25, 0.3) is 0 Å². The number of nitrogens with zero attached hydrogens (tertiary/aromatic N) is 1. The summed E-state index contributed by atoms with van der Waals surface area (Å²) in [7, 11) is 0. The van der Waals surface area contributed by atoms with Crippen LogP contribution in [0.2, 0.25) is 0 Å². The molecule has 7 heteroatoms. The second kappa shape index (κ2) is 12.8. The van der Waals surface area contributed by atoms with Crippen LogP contribution in [-0.4, -0.2) is 48.3 Å². The zero-order valence-electron chi connectivity index (χ0n) is 23.5. The fraction of sp³-hybridized carbons (Fsp3) is 0.294. The smallest absolute Gasteiger partial charge is 0.350 e. The Morgan fingerprint density at radius 2 is 1.61 bits per heavy atom. The maximum absolute atomic E-state index is 12.8. The van der Waals surface area contributed by atoms with Crippen LogP contribution in [-0.2, 0) is 22.5 Å². The van der Waals surface area contributed by atoms with Gasteiger partial charge in [0.05, 0.1) is 19.3 Å². The number of esters is 1. The predicted octanol–water partition coefficient (Wildman–Crippen LogP) is 6.15. The van der Waals surface area contributed by atoms with Gasteiger partial charge in [-0.1, -0.05) is 66.7 Å². The Labute approximate surface area is 241 Å². The molecule has 1 saturated heterocycles. The van der Waals surface area contributed by atoms with Crippen molar-refractivity contribution in [2.75, 3.05) is 19.8 Å². The molecule has 1 heterocycles. The zero-order valence-corrected chi connectivity index (χ0v) is 23.5. The van der Waals surface area contributed by atoms with Crippen molar-refractivity contribution in [1.29, 1.82) is 0 Å². The van der Waals surface area contributed by atoms with Gasteiger partial charge >= 0.3 is 12.0 Å². The van der Waals surface area contributed by atoms with Gasteiger partial charge in [-0.25, -0.2) is 9.59 Å². The van der Waals surface area contributed by atoms with E-state index in [4.69, 9.17) is 14.2 Å². The minimum absolute atomic E-state index is 0.0302. The Bertz CT molecular complexity index is 1470. The van der Waals surface area contributed by atoms with E-state index in [1.54, 1.807) is 13.8 Å². The molecule has 5 rings (SSSR count). The molecular weight excluding hydrogens is 516 g/mol. The van der Waals surface area contributed by atoms with Gasteiger partial charge in [0.15, 0.2) is 0 Å². The molecule has 1 aliphatic heterocycles. The van der Waals surface area contributed by atoms with Crippen molar-refractivity contribution >= 4 is 22.8 Å².